The van der Waals surface area contributed by atoms with Crippen LogP contribution >= 0.6 is 0 Å². The van der Waals surface area contributed by atoms with E-state index in [1.165, 1.54) is 82.9 Å². The van der Waals surface area contributed by atoms with Gasteiger partial charge in [-0.25, -0.2) is 4.98 Å². The summed E-state index contributed by atoms with van der Waals surface area (Å²) in [6.07, 6.45) is 9.44. The van der Waals surface area contributed by atoms with E-state index in [1.54, 1.807) is 5.56 Å². The van der Waals surface area contributed by atoms with Crippen LogP contribution in [0.15, 0.2) is 36.7 Å². The van der Waals surface area contributed by atoms with Gasteiger partial charge in [0.2, 0.25) is 0 Å². The molecule has 0 amide bonds. The molecule has 1 aromatic heterocycles. The summed E-state index contributed by atoms with van der Waals surface area (Å²) in [4.78, 5) is 12.3. The number of benzene rings is 1. The van der Waals surface area contributed by atoms with Gasteiger partial charge in [-0.05, 0) is 61.7 Å². The Morgan fingerprint density at radius 1 is 0.833 bits per heavy atom. The summed E-state index contributed by atoms with van der Waals surface area (Å²) in [7, 11) is 2.09. The van der Waals surface area contributed by atoms with Crippen LogP contribution in [0.2, 0.25) is 0 Å². The maximum atomic E-state index is 4.47. The van der Waals surface area contributed by atoms with E-state index in [-0.39, 0.29) is 0 Å². The minimum absolute atomic E-state index is 0.792. The molecule has 2 aromatic rings. The summed E-state index contributed by atoms with van der Waals surface area (Å²) in [5, 5.41) is 0. The second kappa shape index (κ2) is 9.21. The average molecular weight is 408 g/mol. The van der Waals surface area contributed by atoms with E-state index in [9.17, 15) is 0 Å². The van der Waals surface area contributed by atoms with Crippen LogP contribution in [-0.2, 0) is 20.1 Å². The van der Waals surface area contributed by atoms with Crippen molar-refractivity contribution >= 4 is 0 Å². The Morgan fingerprint density at radius 3 is 2.17 bits per heavy atom. The lowest BCUT2D eigenvalue weighted by Crippen LogP contribution is -2.48. The van der Waals surface area contributed by atoms with Crippen LogP contribution in [0.4, 0.5) is 0 Å². The quantitative estimate of drug-likeness (QED) is 0.704. The molecule has 5 nitrogen and oxygen atoms in total. The summed E-state index contributed by atoms with van der Waals surface area (Å²) >= 11 is 0. The number of rotatable bonds is 7. The maximum absolute atomic E-state index is 4.47. The molecule has 5 heteroatoms. The fraction of sp³-hybridized carbons (Fsp3) is 0.640. The van der Waals surface area contributed by atoms with E-state index >= 15 is 0 Å². The lowest BCUT2D eigenvalue weighted by molar-refractivity contribution is 0.0885. The molecule has 1 saturated carbocycles. The number of hydrogen-bond donors (Lipinski definition) is 0. The Morgan fingerprint density at radius 2 is 1.50 bits per heavy atom. The molecule has 0 N–H and O–H groups in total. The van der Waals surface area contributed by atoms with Gasteiger partial charge in [0.25, 0.3) is 0 Å². The SMILES string of the molecule is Cn1ccnc1CN1CCN(CC2CC(c3ccc(CN4CCCC4)cc3)C2)CC1. The van der Waals surface area contributed by atoms with Gasteiger partial charge in [-0.2, -0.15) is 0 Å². The van der Waals surface area contributed by atoms with Gasteiger partial charge in [-0.15, -0.1) is 0 Å². The van der Waals surface area contributed by atoms with Crippen LogP contribution in [0.5, 0.6) is 0 Å². The van der Waals surface area contributed by atoms with Crippen LogP contribution in [-0.4, -0.2) is 70.1 Å². The van der Waals surface area contributed by atoms with Crippen molar-refractivity contribution in [2.45, 2.75) is 44.7 Å². The van der Waals surface area contributed by atoms with Gasteiger partial charge in [-0.1, -0.05) is 24.3 Å². The van der Waals surface area contributed by atoms with Crippen molar-refractivity contribution in [1.82, 2.24) is 24.3 Å². The molecule has 2 saturated heterocycles. The molecule has 1 aliphatic carbocycles. The number of aromatic nitrogens is 2. The standard InChI is InChI=1S/C25H37N5/c1-27-11-8-26-25(27)20-30-14-12-29(13-15-30)19-22-16-24(17-22)23-6-4-21(5-7-23)18-28-9-2-3-10-28/h4-8,11,22,24H,2-3,9-10,12-20H2,1H3. The van der Waals surface area contributed by atoms with Crippen molar-refractivity contribution in [1.29, 1.82) is 0 Å². The van der Waals surface area contributed by atoms with Gasteiger partial charge in [0.05, 0.1) is 6.54 Å². The van der Waals surface area contributed by atoms with E-state index in [0.717, 1.165) is 24.9 Å². The van der Waals surface area contributed by atoms with Gasteiger partial charge in [0.1, 0.15) is 5.82 Å². The molecule has 2 aliphatic heterocycles. The Kier molecular flexibility index (Phi) is 6.21. The summed E-state index contributed by atoms with van der Waals surface area (Å²) in [6.45, 7) is 10.7. The van der Waals surface area contributed by atoms with E-state index in [4.69, 9.17) is 0 Å². The zero-order valence-electron chi connectivity index (χ0n) is 18.5. The second-order valence-electron chi connectivity index (χ2n) is 9.79. The smallest absolute Gasteiger partial charge is 0.122 e. The van der Waals surface area contributed by atoms with Crippen molar-refractivity contribution in [3.8, 4) is 0 Å². The zero-order valence-corrected chi connectivity index (χ0v) is 18.5. The van der Waals surface area contributed by atoms with Crippen molar-refractivity contribution in [3.05, 3.63) is 53.6 Å². The first-order valence-corrected chi connectivity index (χ1v) is 11.9. The van der Waals surface area contributed by atoms with E-state index < -0.39 is 0 Å². The molecule has 30 heavy (non-hydrogen) atoms. The van der Waals surface area contributed by atoms with Crippen LogP contribution in [0.25, 0.3) is 0 Å². The van der Waals surface area contributed by atoms with Gasteiger partial charge >= 0.3 is 0 Å². The molecule has 5 rings (SSSR count). The number of aryl methyl sites for hydroxylation is 1. The highest BCUT2D eigenvalue weighted by Crippen LogP contribution is 2.42. The number of hydrogen-bond acceptors (Lipinski definition) is 4. The van der Waals surface area contributed by atoms with Crippen LogP contribution in [0.1, 0.15) is 48.6 Å². The normalized spacial score (nSPS) is 26.2. The maximum Gasteiger partial charge on any atom is 0.122 e. The van der Waals surface area contributed by atoms with Gasteiger partial charge < -0.3 is 9.47 Å². The predicted molar refractivity (Wildman–Crippen MR) is 121 cm³/mol. The lowest BCUT2D eigenvalue weighted by atomic mass is 9.71. The molecule has 1 aromatic carbocycles. The van der Waals surface area contributed by atoms with Crippen LogP contribution in [0, 0.1) is 5.92 Å². The summed E-state index contributed by atoms with van der Waals surface area (Å²) in [5.74, 6) is 2.86. The molecule has 0 atom stereocenters. The van der Waals surface area contributed by atoms with Crippen molar-refractivity contribution in [2.75, 3.05) is 45.8 Å². The summed E-state index contributed by atoms with van der Waals surface area (Å²) in [5.41, 5.74) is 3.05. The van der Waals surface area contributed by atoms with Crippen LogP contribution in [0.3, 0.4) is 0 Å². The first kappa shape index (κ1) is 20.2. The third kappa shape index (κ3) is 4.79. The zero-order chi connectivity index (χ0) is 20.3. The molecule has 0 radical (unpaired) electrons. The van der Waals surface area contributed by atoms with E-state index in [2.05, 4.69) is 55.6 Å². The first-order valence-electron chi connectivity index (χ1n) is 11.9. The molecule has 3 aliphatic rings. The molecular formula is C25H37N5. The molecular weight excluding hydrogens is 370 g/mol. The van der Waals surface area contributed by atoms with Crippen LogP contribution < -0.4 is 0 Å². The van der Waals surface area contributed by atoms with Crippen molar-refractivity contribution in [2.24, 2.45) is 13.0 Å². The van der Waals surface area contributed by atoms with Gasteiger partial charge in [0.15, 0.2) is 0 Å². The average Bonchev–Trinajstić information content (AvgIpc) is 3.39. The highest BCUT2D eigenvalue weighted by atomic mass is 15.3. The Hall–Kier alpha value is -1.69. The van der Waals surface area contributed by atoms with Crippen molar-refractivity contribution < 1.29 is 0 Å². The third-order valence-corrected chi connectivity index (χ3v) is 7.56. The predicted octanol–water partition coefficient (Wildman–Crippen LogP) is 3.33. The summed E-state index contributed by atoms with van der Waals surface area (Å²) in [6, 6.07) is 9.56. The molecule has 0 unspecified atom stereocenters. The van der Waals surface area contributed by atoms with Gasteiger partial charge in [-0.3, -0.25) is 9.80 Å². The summed E-state index contributed by atoms with van der Waals surface area (Å²) < 4.78 is 2.14. The fourth-order valence-electron chi connectivity index (χ4n) is 5.50. The Balaban J connectivity index is 1.02. The number of imidazole rings is 1. The Bertz CT molecular complexity index is 793. The Labute approximate surface area is 181 Å². The fourth-order valence-corrected chi connectivity index (χ4v) is 5.50. The molecule has 3 heterocycles. The molecule has 162 valence electrons. The number of likely N-dealkylation sites (tertiary alicyclic amines) is 1. The monoisotopic (exact) mass is 407 g/mol. The highest BCUT2D eigenvalue weighted by Gasteiger charge is 2.32. The minimum Gasteiger partial charge on any atom is -0.337 e. The first-order chi connectivity index (χ1) is 14.7. The van der Waals surface area contributed by atoms with E-state index in [0.29, 0.717) is 0 Å². The number of piperazine rings is 1. The minimum atomic E-state index is 0.792. The molecule has 3 fully saturated rings. The third-order valence-electron chi connectivity index (χ3n) is 7.56. The molecule has 0 bridgehead atoms. The highest BCUT2D eigenvalue weighted by molar-refractivity contribution is 5.27. The largest absolute Gasteiger partial charge is 0.337 e. The number of nitrogens with zero attached hydrogens (tertiary/aromatic N) is 5. The molecule has 0 spiro atoms. The van der Waals surface area contributed by atoms with Gasteiger partial charge in [0, 0.05) is 58.7 Å². The van der Waals surface area contributed by atoms with Crippen molar-refractivity contribution in [3.63, 3.8) is 0 Å². The van der Waals surface area contributed by atoms with E-state index in [1.807, 2.05) is 12.4 Å². The topological polar surface area (TPSA) is 27.5 Å². The second-order valence-corrected chi connectivity index (χ2v) is 9.79. The lowest BCUT2D eigenvalue weighted by Gasteiger charge is -2.41.